The van der Waals surface area contributed by atoms with Crippen molar-refractivity contribution in [3.8, 4) is 5.69 Å². The second-order valence-electron chi connectivity index (χ2n) is 6.70. The van der Waals surface area contributed by atoms with Gasteiger partial charge in [0.1, 0.15) is 5.01 Å². The van der Waals surface area contributed by atoms with E-state index in [-0.39, 0.29) is 29.9 Å². The number of furan rings is 1. The lowest BCUT2D eigenvalue weighted by Crippen LogP contribution is -2.24. The summed E-state index contributed by atoms with van der Waals surface area (Å²) in [6.45, 7) is 3.94. The molecule has 0 saturated heterocycles. The molecule has 4 aromatic rings. The van der Waals surface area contributed by atoms with Crippen LogP contribution in [0.3, 0.4) is 0 Å². The fourth-order valence-corrected chi connectivity index (χ4v) is 4.20. The zero-order chi connectivity index (χ0) is 22.5. The van der Waals surface area contributed by atoms with Crippen molar-refractivity contribution >= 4 is 40.0 Å². The van der Waals surface area contributed by atoms with E-state index in [1.54, 1.807) is 12.1 Å². The lowest BCUT2D eigenvalue weighted by atomic mass is 10.2. The normalized spacial score (nSPS) is 10.8. The number of aryl methyl sites for hydroxylation is 2. The van der Waals surface area contributed by atoms with Gasteiger partial charge in [0.25, 0.3) is 5.91 Å². The highest BCUT2D eigenvalue weighted by Crippen LogP contribution is 2.23. The Morgan fingerprint density at radius 2 is 2.00 bits per heavy atom. The fraction of sp³-hybridized carbons (Fsp3) is 0.200. The summed E-state index contributed by atoms with van der Waals surface area (Å²) in [6, 6.07) is 11.0. The number of rotatable bonds is 8. The van der Waals surface area contributed by atoms with Crippen LogP contribution < -0.4 is 10.6 Å². The highest BCUT2D eigenvalue weighted by atomic mass is 32.2. The second-order valence-corrected chi connectivity index (χ2v) is 8.82. The first kappa shape index (κ1) is 21.7. The number of hydrogen-bond donors (Lipinski definition) is 2. The summed E-state index contributed by atoms with van der Waals surface area (Å²) in [5, 5.41) is 23.5. The average Bonchev–Trinajstić information content (AvgIpc) is 3.52. The van der Waals surface area contributed by atoms with E-state index in [9.17, 15) is 9.59 Å². The van der Waals surface area contributed by atoms with Crippen LogP contribution in [0.25, 0.3) is 5.69 Å². The third kappa shape index (κ3) is 5.21. The molecular formula is C20H19N7O3S2. The molecule has 2 N–H and O–H groups in total. The molecule has 0 unspecified atom stereocenters. The molecule has 0 radical (unpaired) electrons. The van der Waals surface area contributed by atoms with E-state index in [0.29, 0.717) is 16.1 Å². The van der Waals surface area contributed by atoms with Crippen LogP contribution in [0, 0.1) is 13.8 Å². The molecule has 10 nitrogen and oxygen atoms in total. The maximum Gasteiger partial charge on any atom is 0.287 e. The van der Waals surface area contributed by atoms with Gasteiger partial charge in [-0.15, -0.1) is 20.4 Å². The van der Waals surface area contributed by atoms with Crippen LogP contribution in [0.15, 0.2) is 52.2 Å². The number of benzene rings is 1. The molecule has 164 valence electrons. The molecule has 3 aromatic heterocycles. The Kier molecular flexibility index (Phi) is 6.61. The van der Waals surface area contributed by atoms with Gasteiger partial charge >= 0.3 is 0 Å². The minimum Gasteiger partial charge on any atom is -0.459 e. The highest BCUT2D eigenvalue weighted by molar-refractivity contribution is 7.99. The number of hydrogen-bond acceptors (Lipinski definition) is 9. The number of carbonyl (C=O) groups is 2. The van der Waals surface area contributed by atoms with Crippen molar-refractivity contribution in [2.75, 3.05) is 11.1 Å². The van der Waals surface area contributed by atoms with E-state index in [4.69, 9.17) is 4.42 Å². The maximum atomic E-state index is 12.3. The summed E-state index contributed by atoms with van der Waals surface area (Å²) < 4.78 is 6.94. The highest BCUT2D eigenvalue weighted by Gasteiger charge is 2.18. The van der Waals surface area contributed by atoms with Crippen molar-refractivity contribution < 1.29 is 14.0 Å². The number of nitrogens with zero attached hydrogens (tertiary/aromatic N) is 5. The number of aromatic nitrogens is 5. The summed E-state index contributed by atoms with van der Waals surface area (Å²) in [7, 11) is 0. The van der Waals surface area contributed by atoms with E-state index in [2.05, 4.69) is 31.0 Å². The summed E-state index contributed by atoms with van der Waals surface area (Å²) >= 11 is 2.54. The smallest absolute Gasteiger partial charge is 0.287 e. The molecule has 0 saturated carbocycles. The Balaban J connectivity index is 1.51. The third-order valence-corrected chi connectivity index (χ3v) is 5.90. The van der Waals surface area contributed by atoms with Gasteiger partial charge in [-0.1, -0.05) is 35.2 Å². The third-order valence-electron chi connectivity index (χ3n) is 4.22. The van der Waals surface area contributed by atoms with Gasteiger partial charge in [-0.2, -0.15) is 0 Å². The zero-order valence-corrected chi connectivity index (χ0v) is 18.9. The Morgan fingerprint density at radius 3 is 2.72 bits per heavy atom. The van der Waals surface area contributed by atoms with Gasteiger partial charge in [0.2, 0.25) is 11.0 Å². The Hall–Kier alpha value is -3.51. The van der Waals surface area contributed by atoms with Crippen molar-refractivity contribution in [3.05, 3.63) is 64.8 Å². The van der Waals surface area contributed by atoms with Gasteiger partial charge in [0.15, 0.2) is 16.7 Å². The average molecular weight is 470 g/mol. The monoisotopic (exact) mass is 469 g/mol. The summed E-state index contributed by atoms with van der Waals surface area (Å²) in [4.78, 5) is 24.6. The van der Waals surface area contributed by atoms with E-state index in [1.807, 2.05) is 42.7 Å². The van der Waals surface area contributed by atoms with Crippen LogP contribution in [0.4, 0.5) is 5.13 Å². The van der Waals surface area contributed by atoms with Crippen LogP contribution in [-0.2, 0) is 11.3 Å². The van der Waals surface area contributed by atoms with Crippen molar-refractivity contribution in [3.63, 3.8) is 0 Å². The molecule has 3 heterocycles. The van der Waals surface area contributed by atoms with E-state index in [1.165, 1.54) is 29.4 Å². The van der Waals surface area contributed by atoms with E-state index in [0.717, 1.165) is 16.3 Å². The number of thioether (sulfide) groups is 1. The van der Waals surface area contributed by atoms with Crippen LogP contribution in [0.5, 0.6) is 0 Å². The van der Waals surface area contributed by atoms with Gasteiger partial charge in [0.05, 0.1) is 18.6 Å². The molecule has 0 bridgehead atoms. The lowest BCUT2D eigenvalue weighted by molar-refractivity contribution is -0.113. The van der Waals surface area contributed by atoms with Gasteiger partial charge in [-0.3, -0.25) is 19.5 Å². The molecule has 0 aliphatic heterocycles. The molecule has 0 aliphatic carbocycles. The molecule has 32 heavy (non-hydrogen) atoms. The first-order valence-corrected chi connectivity index (χ1v) is 11.4. The fourth-order valence-electron chi connectivity index (χ4n) is 2.82. The minimum atomic E-state index is -0.352. The van der Waals surface area contributed by atoms with Gasteiger partial charge in [-0.05, 0) is 43.7 Å². The van der Waals surface area contributed by atoms with Gasteiger partial charge in [-0.25, -0.2) is 0 Å². The summed E-state index contributed by atoms with van der Waals surface area (Å²) in [5.41, 5.74) is 1.89. The SMILES string of the molecule is Cc1cccc(-n2c(CNC(=O)c3ccco3)nnc2SCC(=O)Nc2nnc(C)s2)c1. The molecule has 12 heteroatoms. The van der Waals surface area contributed by atoms with Crippen LogP contribution in [-0.4, -0.2) is 42.5 Å². The Morgan fingerprint density at radius 1 is 1.12 bits per heavy atom. The predicted molar refractivity (Wildman–Crippen MR) is 120 cm³/mol. The quantitative estimate of drug-likeness (QED) is 0.377. The van der Waals surface area contributed by atoms with Crippen LogP contribution in [0.1, 0.15) is 27.0 Å². The standard InChI is InChI=1S/C20H19N7O3S2/c1-12-5-3-6-14(9-12)27-16(10-21-18(29)15-7-4-8-30-15)24-26-20(27)31-11-17(28)22-19-25-23-13(2)32-19/h3-9H,10-11H2,1-2H3,(H,21,29)(H,22,25,28). The van der Waals surface area contributed by atoms with Crippen LogP contribution >= 0.6 is 23.1 Å². The largest absolute Gasteiger partial charge is 0.459 e. The molecule has 0 fully saturated rings. The molecule has 1 aromatic carbocycles. The van der Waals surface area contributed by atoms with E-state index < -0.39 is 0 Å². The number of nitrogens with one attached hydrogen (secondary N) is 2. The number of carbonyl (C=O) groups excluding carboxylic acids is 2. The molecule has 0 aliphatic rings. The first-order chi connectivity index (χ1) is 15.5. The summed E-state index contributed by atoms with van der Waals surface area (Å²) in [5.74, 6) is 0.275. The molecule has 0 spiro atoms. The summed E-state index contributed by atoms with van der Waals surface area (Å²) in [6.07, 6.45) is 1.44. The predicted octanol–water partition coefficient (Wildman–Crippen LogP) is 2.99. The van der Waals surface area contributed by atoms with Crippen molar-refractivity contribution in [2.45, 2.75) is 25.5 Å². The van der Waals surface area contributed by atoms with Crippen molar-refractivity contribution in [1.82, 2.24) is 30.3 Å². The number of amides is 2. The topological polar surface area (TPSA) is 128 Å². The first-order valence-electron chi connectivity index (χ1n) is 9.55. The van der Waals surface area contributed by atoms with Gasteiger partial charge < -0.3 is 9.73 Å². The Bertz CT molecular complexity index is 1230. The van der Waals surface area contributed by atoms with Crippen molar-refractivity contribution in [2.24, 2.45) is 0 Å². The van der Waals surface area contributed by atoms with Crippen LogP contribution in [0.2, 0.25) is 0 Å². The molecular weight excluding hydrogens is 450 g/mol. The van der Waals surface area contributed by atoms with Gasteiger partial charge in [0, 0.05) is 5.69 Å². The zero-order valence-electron chi connectivity index (χ0n) is 17.2. The molecule has 4 rings (SSSR count). The number of anilines is 1. The maximum absolute atomic E-state index is 12.3. The second kappa shape index (κ2) is 9.75. The minimum absolute atomic E-state index is 0.112. The molecule has 2 amide bonds. The van der Waals surface area contributed by atoms with Crippen molar-refractivity contribution in [1.29, 1.82) is 0 Å². The Labute approximate surface area is 191 Å². The molecule has 0 atom stereocenters. The van der Waals surface area contributed by atoms with E-state index >= 15 is 0 Å². The lowest BCUT2D eigenvalue weighted by Gasteiger charge is -2.11.